The fourth-order valence-electron chi connectivity index (χ4n) is 4.42. The van der Waals surface area contributed by atoms with Gasteiger partial charge < -0.3 is 21.1 Å². The minimum atomic E-state index is -0.882. The summed E-state index contributed by atoms with van der Waals surface area (Å²) in [5.74, 6) is 0.484. The van der Waals surface area contributed by atoms with E-state index in [-0.39, 0.29) is 17.9 Å². The molecule has 2 aliphatic rings. The van der Waals surface area contributed by atoms with Crippen LogP contribution in [-0.4, -0.2) is 42.8 Å². The van der Waals surface area contributed by atoms with Gasteiger partial charge in [0.15, 0.2) is 0 Å². The molecule has 3 aromatic rings. The van der Waals surface area contributed by atoms with E-state index in [0.29, 0.717) is 30.1 Å². The van der Waals surface area contributed by atoms with Crippen molar-refractivity contribution in [3.8, 4) is 5.75 Å². The van der Waals surface area contributed by atoms with Gasteiger partial charge >= 0.3 is 0 Å². The molecule has 1 saturated heterocycles. The molecule has 31 heavy (non-hydrogen) atoms. The number of alkyl halides is 1. The summed E-state index contributed by atoms with van der Waals surface area (Å²) in [6.07, 6.45) is 0.561. The molecule has 6 nitrogen and oxygen atoms in total. The first kappa shape index (κ1) is 20.2. The molecule has 2 aliphatic heterocycles. The Morgan fingerprint density at radius 2 is 2.23 bits per heavy atom. The van der Waals surface area contributed by atoms with Gasteiger partial charge in [0.25, 0.3) is 5.91 Å². The first-order valence-electron chi connectivity index (χ1n) is 10.6. The van der Waals surface area contributed by atoms with E-state index in [1.165, 1.54) is 11.3 Å². The monoisotopic (exact) mass is 440 g/mol. The Hall–Kier alpha value is -2.71. The van der Waals surface area contributed by atoms with Gasteiger partial charge in [0.2, 0.25) is 0 Å². The maximum absolute atomic E-state index is 14.3. The van der Waals surface area contributed by atoms with E-state index in [0.717, 1.165) is 45.8 Å². The number of hydrogen-bond acceptors (Lipinski definition) is 6. The number of aryl methyl sites for hydroxylation is 1. The van der Waals surface area contributed by atoms with Gasteiger partial charge in [0.1, 0.15) is 28.2 Å². The minimum Gasteiger partial charge on any atom is -0.491 e. The van der Waals surface area contributed by atoms with Crippen molar-refractivity contribution in [1.29, 1.82) is 0 Å². The van der Waals surface area contributed by atoms with Gasteiger partial charge in [0, 0.05) is 23.5 Å². The van der Waals surface area contributed by atoms with Crippen molar-refractivity contribution in [2.75, 3.05) is 25.4 Å². The summed E-state index contributed by atoms with van der Waals surface area (Å²) in [5.41, 5.74) is 9.57. The van der Waals surface area contributed by atoms with Gasteiger partial charge in [-0.15, -0.1) is 11.3 Å². The number of amides is 1. The molecule has 8 heteroatoms. The number of benzene rings is 1. The molecule has 1 amide bonds. The van der Waals surface area contributed by atoms with Crippen molar-refractivity contribution in [2.45, 2.75) is 37.9 Å². The largest absolute Gasteiger partial charge is 0.491 e. The van der Waals surface area contributed by atoms with E-state index in [1.807, 2.05) is 37.3 Å². The number of thiophene rings is 1. The van der Waals surface area contributed by atoms with Crippen molar-refractivity contribution >= 4 is 33.1 Å². The highest BCUT2D eigenvalue weighted by Crippen LogP contribution is 2.35. The number of carbonyl (C=O) groups is 1. The lowest BCUT2D eigenvalue weighted by Crippen LogP contribution is -2.42. The zero-order chi connectivity index (χ0) is 21.5. The molecule has 0 aliphatic carbocycles. The van der Waals surface area contributed by atoms with E-state index in [4.69, 9.17) is 10.5 Å². The molecular formula is C23H25FN4O2S. The second-order valence-electron chi connectivity index (χ2n) is 8.32. The zero-order valence-corrected chi connectivity index (χ0v) is 18.1. The molecule has 1 fully saturated rings. The second-order valence-corrected chi connectivity index (χ2v) is 9.32. The fourth-order valence-corrected chi connectivity index (χ4v) is 5.46. The SMILES string of the molecule is Cc1ccc2c(N)c(C(=O)N[C@H]3COc4cc([C@H]5CCNC[C@@H]5F)ccc4C3)sc2n1. The predicted molar refractivity (Wildman–Crippen MR) is 121 cm³/mol. The van der Waals surface area contributed by atoms with E-state index in [1.54, 1.807) is 0 Å². The Morgan fingerprint density at radius 3 is 3.06 bits per heavy atom. The normalized spacial score (nSPS) is 23.2. The molecule has 5 rings (SSSR count). The highest BCUT2D eigenvalue weighted by atomic mass is 32.1. The number of hydrogen-bond donors (Lipinski definition) is 3. The van der Waals surface area contributed by atoms with Crippen molar-refractivity contribution in [2.24, 2.45) is 0 Å². The summed E-state index contributed by atoms with van der Waals surface area (Å²) in [6.45, 7) is 3.51. The maximum atomic E-state index is 14.3. The predicted octanol–water partition coefficient (Wildman–Crippen LogP) is 3.34. The number of pyridine rings is 1. The van der Waals surface area contributed by atoms with Crippen molar-refractivity contribution in [1.82, 2.24) is 15.6 Å². The van der Waals surface area contributed by atoms with Gasteiger partial charge in [-0.3, -0.25) is 4.79 Å². The molecule has 162 valence electrons. The Balaban J connectivity index is 1.30. The molecule has 4 N–H and O–H groups in total. The fraction of sp³-hybridized carbons (Fsp3) is 0.391. The smallest absolute Gasteiger partial charge is 0.263 e. The van der Waals surface area contributed by atoms with Crippen molar-refractivity contribution in [3.63, 3.8) is 0 Å². The molecule has 0 unspecified atom stereocenters. The Kier molecular flexibility index (Phi) is 5.27. The first-order chi connectivity index (χ1) is 15.0. The zero-order valence-electron chi connectivity index (χ0n) is 17.3. The Bertz CT molecular complexity index is 1150. The summed E-state index contributed by atoms with van der Waals surface area (Å²) in [7, 11) is 0. The van der Waals surface area contributed by atoms with Gasteiger partial charge in [0.05, 0.1) is 11.7 Å². The lowest BCUT2D eigenvalue weighted by Gasteiger charge is -2.30. The highest BCUT2D eigenvalue weighted by Gasteiger charge is 2.29. The second kappa shape index (κ2) is 8.09. The van der Waals surface area contributed by atoms with Crippen molar-refractivity contribution < 1.29 is 13.9 Å². The van der Waals surface area contributed by atoms with E-state index in [2.05, 4.69) is 15.6 Å². The van der Waals surface area contributed by atoms with Crippen LogP contribution in [0.25, 0.3) is 10.2 Å². The van der Waals surface area contributed by atoms with Crippen LogP contribution < -0.4 is 21.1 Å². The quantitative estimate of drug-likeness (QED) is 0.581. The molecule has 0 saturated carbocycles. The number of anilines is 1. The molecule has 1 aromatic carbocycles. The third kappa shape index (κ3) is 3.85. The van der Waals surface area contributed by atoms with Gasteiger partial charge in [-0.2, -0.15) is 0 Å². The lowest BCUT2D eigenvalue weighted by molar-refractivity contribution is 0.0920. The van der Waals surface area contributed by atoms with Crippen LogP contribution in [0.3, 0.4) is 0 Å². The van der Waals surface area contributed by atoms with Crippen LogP contribution in [0.1, 0.15) is 38.8 Å². The summed E-state index contributed by atoms with van der Waals surface area (Å²) in [5, 5.41) is 6.95. The molecule has 4 heterocycles. The minimum absolute atomic E-state index is 0.0965. The van der Waals surface area contributed by atoms with Crippen molar-refractivity contribution in [3.05, 3.63) is 52.0 Å². The summed E-state index contributed by atoms with van der Waals surface area (Å²) >= 11 is 1.31. The maximum Gasteiger partial charge on any atom is 0.263 e. The third-order valence-electron chi connectivity index (χ3n) is 6.11. The molecule has 3 atom stereocenters. The first-order valence-corrected chi connectivity index (χ1v) is 11.4. The van der Waals surface area contributed by atoms with Crippen LogP contribution >= 0.6 is 11.3 Å². The van der Waals surface area contributed by atoms with Gasteiger partial charge in [-0.05, 0) is 55.6 Å². The number of nitrogens with one attached hydrogen (secondary N) is 2. The molecule has 2 aromatic heterocycles. The van der Waals surface area contributed by atoms with Crippen LogP contribution in [0, 0.1) is 6.92 Å². The topological polar surface area (TPSA) is 89.3 Å². The number of ether oxygens (including phenoxy) is 1. The van der Waals surface area contributed by atoms with Crippen LogP contribution in [0.15, 0.2) is 30.3 Å². The Morgan fingerprint density at radius 1 is 1.35 bits per heavy atom. The van der Waals surface area contributed by atoms with Crippen LogP contribution in [0.4, 0.5) is 10.1 Å². The molecule has 0 bridgehead atoms. The van der Waals surface area contributed by atoms with Crippen LogP contribution in [0.2, 0.25) is 0 Å². The Labute approximate surface area is 184 Å². The van der Waals surface area contributed by atoms with E-state index >= 15 is 0 Å². The van der Waals surface area contributed by atoms with Gasteiger partial charge in [-0.1, -0.05) is 12.1 Å². The number of nitrogens with two attached hydrogens (primary N) is 1. The van der Waals surface area contributed by atoms with Gasteiger partial charge in [-0.25, -0.2) is 9.37 Å². The average Bonchev–Trinajstić information content (AvgIpc) is 3.09. The summed E-state index contributed by atoms with van der Waals surface area (Å²) in [4.78, 5) is 18.6. The number of nitrogens with zero attached hydrogens (tertiary/aromatic N) is 1. The third-order valence-corrected chi connectivity index (χ3v) is 7.22. The lowest BCUT2D eigenvalue weighted by atomic mass is 9.87. The molecule has 0 spiro atoms. The summed E-state index contributed by atoms with van der Waals surface area (Å²) in [6, 6.07) is 9.60. The molecular weight excluding hydrogens is 415 g/mol. The number of piperidine rings is 1. The average molecular weight is 441 g/mol. The number of fused-ring (bicyclic) bond motifs is 2. The summed E-state index contributed by atoms with van der Waals surface area (Å²) < 4.78 is 20.3. The number of rotatable bonds is 3. The standard InChI is InChI=1S/C23H25FN4O2S/c1-12-2-5-17-20(25)21(31-23(17)27-12)22(29)28-15-8-14-4-3-13(9-19(14)30-11-15)16-6-7-26-10-18(16)24/h2-5,9,15-16,18,26H,6-8,10-11,25H2,1H3,(H,28,29)/t15-,16-,18+/m1/s1. The van der Waals surface area contributed by atoms with Crippen LogP contribution in [0.5, 0.6) is 5.75 Å². The van der Waals surface area contributed by atoms with Crippen LogP contribution in [-0.2, 0) is 6.42 Å². The number of aromatic nitrogens is 1. The number of carbonyl (C=O) groups excluding carboxylic acids is 1. The molecule has 0 radical (unpaired) electrons. The number of nitrogen functional groups attached to an aromatic ring is 1. The highest BCUT2D eigenvalue weighted by molar-refractivity contribution is 7.21. The van der Waals surface area contributed by atoms with E-state index in [9.17, 15) is 9.18 Å². The number of halogens is 1. The van der Waals surface area contributed by atoms with E-state index < -0.39 is 6.17 Å².